The summed E-state index contributed by atoms with van der Waals surface area (Å²) in [5, 5.41) is 5.64. The lowest BCUT2D eigenvalue weighted by Gasteiger charge is -2.23. The molecule has 29 heavy (non-hydrogen) atoms. The zero-order valence-corrected chi connectivity index (χ0v) is 17.9. The van der Waals surface area contributed by atoms with Crippen LogP contribution in [0.25, 0.3) is 0 Å². The molecule has 0 aliphatic heterocycles. The number of hydrogen-bond donors (Lipinski definition) is 2. The molecule has 2 N–H and O–H groups in total. The molecule has 1 aliphatic rings. The number of rotatable bonds is 7. The smallest absolute Gasteiger partial charge is 0.408 e. The molecule has 0 aromatic heterocycles. The normalized spacial score (nSPS) is 14.7. The van der Waals surface area contributed by atoms with Gasteiger partial charge in [-0.3, -0.25) is 4.79 Å². The Morgan fingerprint density at radius 1 is 1.07 bits per heavy atom. The van der Waals surface area contributed by atoms with Gasteiger partial charge in [0.2, 0.25) is 5.91 Å². The van der Waals surface area contributed by atoms with Gasteiger partial charge < -0.3 is 15.4 Å². The maximum Gasteiger partial charge on any atom is 0.408 e. The second-order valence-corrected chi connectivity index (χ2v) is 9.30. The zero-order valence-electron chi connectivity index (χ0n) is 17.1. The van der Waals surface area contributed by atoms with Gasteiger partial charge >= 0.3 is 6.09 Å². The van der Waals surface area contributed by atoms with Crippen molar-refractivity contribution in [2.45, 2.75) is 55.9 Å². The summed E-state index contributed by atoms with van der Waals surface area (Å²) in [6.45, 7) is 5.41. The van der Waals surface area contributed by atoms with Crippen molar-refractivity contribution in [2.75, 3.05) is 5.32 Å². The maximum absolute atomic E-state index is 12.7. The average molecular weight is 413 g/mol. The Labute approximate surface area is 176 Å². The van der Waals surface area contributed by atoms with E-state index in [4.69, 9.17) is 4.74 Å². The molecule has 0 bridgehead atoms. The summed E-state index contributed by atoms with van der Waals surface area (Å²) >= 11 is 1.75. The predicted octanol–water partition coefficient (Wildman–Crippen LogP) is 5.22. The molecule has 2 aromatic carbocycles. The first-order valence-corrected chi connectivity index (χ1v) is 10.9. The molecular formula is C23H28N2O3S. The lowest BCUT2D eigenvalue weighted by molar-refractivity contribution is -0.118. The molecule has 5 nitrogen and oxygen atoms in total. The highest BCUT2D eigenvalue weighted by Crippen LogP contribution is 2.33. The number of benzene rings is 2. The van der Waals surface area contributed by atoms with Crippen LogP contribution in [0.2, 0.25) is 0 Å². The van der Waals surface area contributed by atoms with E-state index in [2.05, 4.69) is 22.8 Å². The summed E-state index contributed by atoms with van der Waals surface area (Å²) in [6, 6.07) is 17.5. The molecule has 1 aliphatic carbocycles. The van der Waals surface area contributed by atoms with Gasteiger partial charge in [-0.2, -0.15) is 0 Å². The lowest BCUT2D eigenvalue weighted by Crippen LogP contribution is -2.47. The van der Waals surface area contributed by atoms with E-state index in [1.807, 2.05) is 42.5 Å². The van der Waals surface area contributed by atoms with Gasteiger partial charge in [-0.25, -0.2) is 4.79 Å². The Bertz CT molecular complexity index is 827. The van der Waals surface area contributed by atoms with Crippen LogP contribution in [0.5, 0.6) is 0 Å². The first-order chi connectivity index (χ1) is 13.8. The molecular weight excluding hydrogens is 384 g/mol. The third-order valence-corrected chi connectivity index (χ3v) is 5.50. The Kier molecular flexibility index (Phi) is 6.85. The number of carbonyl (C=O) groups is 2. The fraction of sp³-hybridized carbons (Fsp3) is 0.391. The van der Waals surface area contributed by atoms with Crippen molar-refractivity contribution < 1.29 is 14.3 Å². The monoisotopic (exact) mass is 412 g/mol. The second-order valence-electron chi connectivity index (χ2n) is 8.25. The van der Waals surface area contributed by atoms with Crippen LogP contribution in [0.15, 0.2) is 59.5 Å². The van der Waals surface area contributed by atoms with Gasteiger partial charge in [0.25, 0.3) is 0 Å². The van der Waals surface area contributed by atoms with E-state index in [9.17, 15) is 9.59 Å². The van der Waals surface area contributed by atoms with E-state index in [0.717, 1.165) is 29.2 Å². The first kappa shape index (κ1) is 21.2. The van der Waals surface area contributed by atoms with Crippen LogP contribution in [-0.2, 0) is 15.3 Å². The van der Waals surface area contributed by atoms with Crippen LogP contribution >= 0.6 is 11.8 Å². The van der Waals surface area contributed by atoms with Crippen molar-refractivity contribution in [1.29, 1.82) is 0 Å². The number of thioether (sulfide) groups is 1. The largest absolute Gasteiger partial charge is 0.444 e. The molecule has 1 atom stereocenters. The third kappa shape index (κ3) is 7.13. The molecule has 0 saturated heterocycles. The van der Waals surface area contributed by atoms with E-state index in [1.54, 1.807) is 32.5 Å². The highest BCUT2D eigenvalue weighted by Gasteiger charge is 2.38. The van der Waals surface area contributed by atoms with Crippen molar-refractivity contribution >= 4 is 29.4 Å². The molecule has 0 radical (unpaired) electrons. The zero-order chi connectivity index (χ0) is 20.9. The summed E-state index contributed by atoms with van der Waals surface area (Å²) in [5.41, 5.74) is 1.40. The van der Waals surface area contributed by atoms with Crippen molar-refractivity contribution in [3.8, 4) is 0 Å². The quantitative estimate of drug-likeness (QED) is 0.612. The van der Waals surface area contributed by atoms with Crippen LogP contribution in [0.3, 0.4) is 0 Å². The third-order valence-electron chi connectivity index (χ3n) is 4.42. The summed E-state index contributed by atoms with van der Waals surface area (Å²) in [4.78, 5) is 25.9. The fourth-order valence-corrected chi connectivity index (χ4v) is 3.71. The topological polar surface area (TPSA) is 67.4 Å². The number of nitrogens with one attached hydrogen (secondary N) is 2. The highest BCUT2D eigenvalue weighted by molar-refractivity contribution is 7.98. The van der Waals surface area contributed by atoms with E-state index in [-0.39, 0.29) is 11.8 Å². The molecule has 0 spiro atoms. The predicted molar refractivity (Wildman–Crippen MR) is 117 cm³/mol. The molecule has 2 aromatic rings. The Morgan fingerprint density at radius 3 is 2.31 bits per heavy atom. The van der Waals surface area contributed by atoms with Gasteiger partial charge in [0.15, 0.2) is 0 Å². The average Bonchev–Trinajstić information content (AvgIpc) is 3.50. The molecule has 6 heteroatoms. The van der Waals surface area contributed by atoms with Crippen LogP contribution in [0, 0.1) is 5.92 Å². The van der Waals surface area contributed by atoms with Gasteiger partial charge in [-0.15, -0.1) is 11.8 Å². The maximum atomic E-state index is 12.7. The summed E-state index contributed by atoms with van der Waals surface area (Å²) in [7, 11) is 0. The van der Waals surface area contributed by atoms with Crippen molar-refractivity contribution in [3.63, 3.8) is 0 Å². The highest BCUT2D eigenvalue weighted by atomic mass is 32.2. The van der Waals surface area contributed by atoms with Crippen molar-refractivity contribution in [3.05, 3.63) is 60.2 Å². The molecule has 1 saturated carbocycles. The minimum atomic E-state index is -0.595. The van der Waals surface area contributed by atoms with E-state index >= 15 is 0 Å². The van der Waals surface area contributed by atoms with Gasteiger partial charge in [0.1, 0.15) is 11.6 Å². The van der Waals surface area contributed by atoms with Gasteiger partial charge in [0, 0.05) is 16.3 Å². The van der Waals surface area contributed by atoms with Crippen LogP contribution in [0.1, 0.15) is 39.2 Å². The van der Waals surface area contributed by atoms with Gasteiger partial charge in [-0.05, 0) is 69.4 Å². The molecule has 0 heterocycles. The Hall–Kier alpha value is -2.47. The summed E-state index contributed by atoms with van der Waals surface area (Å²) in [6.07, 6.45) is 1.31. The van der Waals surface area contributed by atoms with Crippen LogP contribution in [0.4, 0.5) is 10.5 Å². The minimum Gasteiger partial charge on any atom is -0.444 e. The van der Waals surface area contributed by atoms with Gasteiger partial charge in [0.05, 0.1) is 0 Å². The molecule has 2 amide bonds. The summed E-state index contributed by atoms with van der Waals surface area (Å²) in [5.74, 6) is 0.863. The number of alkyl carbamates (subject to hydrolysis) is 1. The second kappa shape index (κ2) is 9.35. The Morgan fingerprint density at radius 2 is 1.72 bits per heavy atom. The van der Waals surface area contributed by atoms with E-state index in [1.165, 1.54) is 5.56 Å². The van der Waals surface area contributed by atoms with Crippen LogP contribution in [-0.4, -0.2) is 23.6 Å². The minimum absolute atomic E-state index is 0.170. The SMILES string of the molecule is CC(C)(C)OC(=O)NC(C(=O)Nc1ccc(SCc2ccccc2)cc1)C1CC1. The molecule has 1 fully saturated rings. The van der Waals surface area contributed by atoms with E-state index < -0.39 is 17.7 Å². The number of amides is 2. The van der Waals surface area contributed by atoms with E-state index in [0.29, 0.717) is 0 Å². The number of ether oxygens (including phenoxy) is 1. The van der Waals surface area contributed by atoms with Crippen LogP contribution < -0.4 is 10.6 Å². The Balaban J connectivity index is 1.53. The first-order valence-electron chi connectivity index (χ1n) is 9.87. The molecule has 154 valence electrons. The number of hydrogen-bond acceptors (Lipinski definition) is 4. The molecule has 3 rings (SSSR count). The van der Waals surface area contributed by atoms with Crippen molar-refractivity contribution in [1.82, 2.24) is 5.32 Å². The number of anilines is 1. The standard InChI is InChI=1S/C23H28N2O3S/c1-23(2,3)28-22(27)25-20(17-9-10-17)21(26)24-18-11-13-19(14-12-18)29-15-16-7-5-4-6-8-16/h4-8,11-14,17,20H,9-10,15H2,1-3H3,(H,24,26)(H,25,27). The lowest BCUT2D eigenvalue weighted by atomic mass is 10.1. The fourth-order valence-electron chi connectivity index (χ4n) is 2.86. The molecule has 1 unspecified atom stereocenters. The summed E-state index contributed by atoms with van der Waals surface area (Å²) < 4.78 is 5.29. The number of carbonyl (C=O) groups excluding carboxylic acids is 2. The van der Waals surface area contributed by atoms with Gasteiger partial charge in [-0.1, -0.05) is 30.3 Å². The van der Waals surface area contributed by atoms with Crippen molar-refractivity contribution in [2.24, 2.45) is 5.92 Å².